The molecule has 0 aliphatic heterocycles. The van der Waals surface area contributed by atoms with E-state index in [9.17, 15) is 13.2 Å². The molecule has 3 aromatic rings. The normalized spacial score (nSPS) is 11.0. The number of rotatable bonds is 9. The number of benzene rings is 3. The summed E-state index contributed by atoms with van der Waals surface area (Å²) in [5.41, 5.74) is 2.50. The number of hydrogen-bond acceptors (Lipinski definition) is 5. The van der Waals surface area contributed by atoms with E-state index in [-0.39, 0.29) is 27.1 Å². The number of carbonyl (C=O) groups is 1. The summed E-state index contributed by atoms with van der Waals surface area (Å²) in [6.07, 6.45) is 3.04. The van der Waals surface area contributed by atoms with Crippen LogP contribution in [-0.4, -0.2) is 14.4 Å². The van der Waals surface area contributed by atoms with Gasteiger partial charge in [-0.1, -0.05) is 60.8 Å². The van der Waals surface area contributed by atoms with Crippen molar-refractivity contribution in [1.29, 1.82) is 5.26 Å². The second-order valence-electron chi connectivity index (χ2n) is 7.55. The highest BCUT2D eigenvalue weighted by molar-refractivity contribution is 7.92. The van der Waals surface area contributed by atoms with Crippen LogP contribution in [0.2, 0.25) is 10.0 Å². The Labute approximate surface area is 209 Å². The van der Waals surface area contributed by atoms with Gasteiger partial charge in [0.05, 0.1) is 27.2 Å². The third-order valence-corrected chi connectivity index (χ3v) is 7.17. The van der Waals surface area contributed by atoms with Crippen LogP contribution in [0.15, 0.2) is 65.6 Å². The molecule has 6 nitrogen and oxygen atoms in total. The number of unbranched alkanes of at least 4 members (excludes halogenated alkanes) is 1. The smallest absolute Gasteiger partial charge is 0.340 e. The number of carbonyl (C=O) groups excluding carboxylic acids is 1. The van der Waals surface area contributed by atoms with Gasteiger partial charge in [-0.15, -0.1) is 0 Å². The number of sulfonamides is 1. The van der Waals surface area contributed by atoms with Gasteiger partial charge in [0, 0.05) is 5.69 Å². The van der Waals surface area contributed by atoms with Crippen molar-refractivity contribution in [3.63, 3.8) is 0 Å². The van der Waals surface area contributed by atoms with E-state index >= 15 is 0 Å². The molecule has 3 rings (SSSR count). The SMILES string of the molecule is CCCCc1ccc(NS(=O)(=O)c2cc(C(=O)OCc3ccc(C#N)cc3)c(Cl)cc2Cl)cc1. The molecule has 0 saturated carbocycles. The molecule has 3 aromatic carbocycles. The van der Waals surface area contributed by atoms with Gasteiger partial charge in [-0.2, -0.15) is 5.26 Å². The molecule has 1 N–H and O–H groups in total. The summed E-state index contributed by atoms with van der Waals surface area (Å²) in [6.45, 7) is 2.03. The number of nitriles is 1. The van der Waals surface area contributed by atoms with E-state index in [1.54, 1.807) is 36.4 Å². The van der Waals surface area contributed by atoms with E-state index in [0.29, 0.717) is 16.8 Å². The number of nitrogens with zero attached hydrogens (tertiary/aromatic N) is 1. The topological polar surface area (TPSA) is 96.3 Å². The molecular formula is C25H22Cl2N2O4S. The predicted molar refractivity (Wildman–Crippen MR) is 133 cm³/mol. The fraction of sp³-hybridized carbons (Fsp3) is 0.200. The maximum atomic E-state index is 13.0. The molecule has 0 aliphatic carbocycles. The summed E-state index contributed by atoms with van der Waals surface area (Å²) >= 11 is 12.3. The van der Waals surface area contributed by atoms with Gasteiger partial charge >= 0.3 is 5.97 Å². The van der Waals surface area contributed by atoms with Crippen LogP contribution in [0.25, 0.3) is 0 Å². The molecule has 0 heterocycles. The van der Waals surface area contributed by atoms with Crippen molar-refractivity contribution in [2.75, 3.05) is 4.72 Å². The first kappa shape index (κ1) is 25.6. The van der Waals surface area contributed by atoms with E-state index in [0.717, 1.165) is 30.9 Å². The van der Waals surface area contributed by atoms with Gasteiger partial charge in [0.1, 0.15) is 11.5 Å². The van der Waals surface area contributed by atoms with Crippen molar-refractivity contribution in [2.45, 2.75) is 37.7 Å². The zero-order valence-electron chi connectivity index (χ0n) is 18.3. The Morgan fingerprint density at radius 1 is 1.00 bits per heavy atom. The summed E-state index contributed by atoms with van der Waals surface area (Å²) < 4.78 is 33.7. The van der Waals surface area contributed by atoms with Crippen molar-refractivity contribution in [1.82, 2.24) is 0 Å². The molecule has 0 amide bonds. The van der Waals surface area contributed by atoms with E-state index < -0.39 is 16.0 Å². The number of hydrogen-bond donors (Lipinski definition) is 1. The van der Waals surface area contributed by atoms with Gasteiger partial charge in [0.2, 0.25) is 0 Å². The second kappa shape index (κ2) is 11.4. The Balaban J connectivity index is 1.77. The summed E-state index contributed by atoms with van der Waals surface area (Å²) in [7, 11) is -4.10. The number of ether oxygens (including phenoxy) is 1. The highest BCUT2D eigenvalue weighted by atomic mass is 35.5. The third kappa shape index (κ3) is 6.51. The molecule has 176 valence electrons. The van der Waals surface area contributed by atoms with Gasteiger partial charge in [0.15, 0.2) is 0 Å². The number of nitrogens with one attached hydrogen (secondary N) is 1. The average Bonchev–Trinajstić information content (AvgIpc) is 2.82. The zero-order chi connectivity index (χ0) is 24.7. The molecule has 0 unspecified atom stereocenters. The highest BCUT2D eigenvalue weighted by Gasteiger charge is 2.23. The fourth-order valence-electron chi connectivity index (χ4n) is 3.12. The number of halogens is 2. The van der Waals surface area contributed by atoms with Crippen LogP contribution in [0, 0.1) is 11.3 Å². The largest absolute Gasteiger partial charge is 0.457 e. The van der Waals surface area contributed by atoms with Crippen LogP contribution in [-0.2, 0) is 27.8 Å². The van der Waals surface area contributed by atoms with Crippen molar-refractivity contribution in [3.05, 3.63) is 93.0 Å². The zero-order valence-corrected chi connectivity index (χ0v) is 20.7. The summed E-state index contributed by atoms with van der Waals surface area (Å²) in [4.78, 5) is 12.3. The lowest BCUT2D eigenvalue weighted by molar-refractivity contribution is 0.0472. The Bertz CT molecular complexity index is 1320. The van der Waals surface area contributed by atoms with E-state index in [1.165, 1.54) is 6.07 Å². The first-order valence-electron chi connectivity index (χ1n) is 10.5. The van der Waals surface area contributed by atoms with Crippen molar-refractivity contribution >= 4 is 44.9 Å². The van der Waals surface area contributed by atoms with E-state index in [2.05, 4.69) is 11.6 Å². The first-order chi connectivity index (χ1) is 16.2. The predicted octanol–water partition coefficient (Wildman–Crippen LogP) is 6.37. The number of anilines is 1. The van der Waals surface area contributed by atoms with Gasteiger partial charge in [-0.05, 0) is 60.4 Å². The molecule has 0 aromatic heterocycles. The standard InChI is InChI=1S/C25H22Cl2N2O4S/c1-2-3-4-17-9-11-20(12-10-17)29-34(31,32)24-13-21(22(26)14-23(24)27)25(30)33-16-19-7-5-18(15-28)6-8-19/h5-14,29H,2-4,16H2,1H3. The number of aryl methyl sites for hydroxylation is 1. The maximum absolute atomic E-state index is 13.0. The van der Waals surface area contributed by atoms with Crippen LogP contribution >= 0.6 is 23.2 Å². The van der Waals surface area contributed by atoms with Crippen LogP contribution in [0.4, 0.5) is 5.69 Å². The Morgan fingerprint density at radius 2 is 1.65 bits per heavy atom. The minimum Gasteiger partial charge on any atom is -0.457 e. The third-order valence-electron chi connectivity index (χ3n) is 5.01. The van der Waals surface area contributed by atoms with Crippen LogP contribution in [0.1, 0.15) is 46.8 Å². The lowest BCUT2D eigenvalue weighted by atomic mass is 10.1. The maximum Gasteiger partial charge on any atom is 0.340 e. The van der Waals surface area contributed by atoms with Gasteiger partial charge in [0.25, 0.3) is 10.0 Å². The fourth-order valence-corrected chi connectivity index (χ4v) is 5.03. The highest BCUT2D eigenvalue weighted by Crippen LogP contribution is 2.31. The Kier molecular flexibility index (Phi) is 8.56. The lowest BCUT2D eigenvalue weighted by Gasteiger charge is -2.13. The van der Waals surface area contributed by atoms with Crippen molar-refractivity contribution in [2.24, 2.45) is 0 Å². The van der Waals surface area contributed by atoms with Gasteiger partial charge in [-0.25, -0.2) is 13.2 Å². The van der Waals surface area contributed by atoms with Crippen LogP contribution < -0.4 is 4.72 Å². The second-order valence-corrected chi connectivity index (χ2v) is 10.0. The van der Waals surface area contributed by atoms with E-state index in [4.69, 9.17) is 33.2 Å². The minimum atomic E-state index is -4.10. The Hall–Kier alpha value is -3.05. The van der Waals surface area contributed by atoms with Gasteiger partial charge < -0.3 is 4.74 Å². The quantitative estimate of drug-likeness (QED) is 0.333. The van der Waals surface area contributed by atoms with Gasteiger partial charge in [-0.3, -0.25) is 4.72 Å². The van der Waals surface area contributed by atoms with E-state index in [1.807, 2.05) is 18.2 Å². The lowest BCUT2D eigenvalue weighted by Crippen LogP contribution is -2.15. The molecule has 0 fully saturated rings. The van der Waals surface area contributed by atoms with Crippen LogP contribution in [0.5, 0.6) is 0 Å². The molecule has 0 bridgehead atoms. The summed E-state index contributed by atoms with van der Waals surface area (Å²) in [5, 5.41) is 8.70. The molecule has 0 atom stereocenters. The average molecular weight is 517 g/mol. The molecule has 0 radical (unpaired) electrons. The molecule has 0 saturated heterocycles. The van der Waals surface area contributed by atoms with Crippen LogP contribution in [0.3, 0.4) is 0 Å². The molecule has 9 heteroatoms. The van der Waals surface area contributed by atoms with Crippen molar-refractivity contribution in [3.8, 4) is 6.07 Å². The summed E-state index contributed by atoms with van der Waals surface area (Å²) in [6, 6.07) is 17.9. The molecule has 0 spiro atoms. The molecular weight excluding hydrogens is 495 g/mol. The minimum absolute atomic E-state index is 0.0333. The summed E-state index contributed by atoms with van der Waals surface area (Å²) in [5.74, 6) is -0.803. The monoisotopic (exact) mass is 516 g/mol. The Morgan fingerprint density at radius 3 is 2.26 bits per heavy atom. The first-order valence-corrected chi connectivity index (χ1v) is 12.7. The van der Waals surface area contributed by atoms with Crippen molar-refractivity contribution < 1.29 is 17.9 Å². The number of esters is 1. The molecule has 34 heavy (non-hydrogen) atoms. The molecule has 0 aliphatic rings.